The molecular formula is C22H22F3N7O. The van der Waals surface area contributed by atoms with Crippen LogP contribution in [0.15, 0.2) is 35.3 Å². The zero-order valence-corrected chi connectivity index (χ0v) is 18.0. The first-order valence-electron chi connectivity index (χ1n) is 10.6. The first kappa shape index (κ1) is 21.4. The Morgan fingerprint density at radius 3 is 2.70 bits per heavy atom. The molecule has 33 heavy (non-hydrogen) atoms. The summed E-state index contributed by atoms with van der Waals surface area (Å²) in [7, 11) is 0. The van der Waals surface area contributed by atoms with Gasteiger partial charge in [0.25, 0.3) is 0 Å². The number of piperidine rings is 1. The largest absolute Gasteiger partial charge is 0.419 e. The highest BCUT2D eigenvalue weighted by atomic mass is 19.4. The molecule has 1 aliphatic rings. The predicted octanol–water partition coefficient (Wildman–Crippen LogP) is 4.55. The van der Waals surface area contributed by atoms with Crippen LogP contribution in [0.2, 0.25) is 0 Å². The second-order valence-corrected chi connectivity index (χ2v) is 8.29. The van der Waals surface area contributed by atoms with Gasteiger partial charge in [0.15, 0.2) is 0 Å². The molecule has 4 aromatic heterocycles. The van der Waals surface area contributed by atoms with Crippen LogP contribution in [-0.4, -0.2) is 43.7 Å². The Hall–Kier alpha value is -3.47. The van der Waals surface area contributed by atoms with Gasteiger partial charge in [-0.1, -0.05) is 5.16 Å². The van der Waals surface area contributed by atoms with Crippen molar-refractivity contribution in [1.29, 1.82) is 0 Å². The van der Waals surface area contributed by atoms with Crippen LogP contribution >= 0.6 is 0 Å². The normalized spacial score (nSPS) is 19.2. The number of hydrogen-bond acceptors (Lipinski definition) is 7. The third-order valence-electron chi connectivity index (χ3n) is 5.91. The molecule has 0 spiro atoms. The van der Waals surface area contributed by atoms with Crippen LogP contribution in [0.3, 0.4) is 0 Å². The lowest BCUT2D eigenvalue weighted by Crippen LogP contribution is -2.43. The van der Waals surface area contributed by atoms with Gasteiger partial charge in [0.05, 0.1) is 22.6 Å². The summed E-state index contributed by atoms with van der Waals surface area (Å²) in [6, 6.07) is 3.90. The number of hydrogen-bond donors (Lipinski definition) is 3. The molecule has 1 aliphatic heterocycles. The van der Waals surface area contributed by atoms with Crippen molar-refractivity contribution in [2.45, 2.75) is 44.9 Å². The molecule has 0 radical (unpaired) electrons. The summed E-state index contributed by atoms with van der Waals surface area (Å²) >= 11 is 0. The van der Waals surface area contributed by atoms with E-state index in [4.69, 9.17) is 4.52 Å². The third kappa shape index (κ3) is 4.15. The molecule has 5 heterocycles. The van der Waals surface area contributed by atoms with E-state index in [9.17, 15) is 13.2 Å². The number of nitrogens with zero attached hydrogens (tertiary/aromatic N) is 4. The number of fused-ring (bicyclic) bond motifs is 1. The zero-order valence-electron chi connectivity index (χ0n) is 18.0. The molecule has 11 heteroatoms. The highest BCUT2D eigenvalue weighted by Gasteiger charge is 2.36. The minimum atomic E-state index is -4.60. The van der Waals surface area contributed by atoms with Crippen LogP contribution < -0.4 is 10.6 Å². The average molecular weight is 457 g/mol. The van der Waals surface area contributed by atoms with Crippen molar-refractivity contribution in [3.8, 4) is 22.5 Å². The molecule has 172 valence electrons. The van der Waals surface area contributed by atoms with Crippen LogP contribution in [0.25, 0.3) is 33.5 Å². The van der Waals surface area contributed by atoms with Gasteiger partial charge in [-0.05, 0) is 38.8 Å². The summed E-state index contributed by atoms with van der Waals surface area (Å²) in [5.41, 5.74) is 1.64. The maximum Gasteiger partial charge on any atom is 0.419 e. The Morgan fingerprint density at radius 2 is 2.00 bits per heavy atom. The van der Waals surface area contributed by atoms with Crippen LogP contribution in [0.5, 0.6) is 0 Å². The molecule has 0 aliphatic carbocycles. The fourth-order valence-electron chi connectivity index (χ4n) is 4.06. The summed E-state index contributed by atoms with van der Waals surface area (Å²) in [5, 5.41) is 10.9. The highest BCUT2D eigenvalue weighted by Crippen LogP contribution is 2.39. The zero-order chi connectivity index (χ0) is 23.2. The lowest BCUT2D eigenvalue weighted by Gasteiger charge is -2.28. The van der Waals surface area contributed by atoms with Gasteiger partial charge in [0, 0.05) is 42.0 Å². The average Bonchev–Trinajstić information content (AvgIpc) is 3.40. The Morgan fingerprint density at radius 1 is 1.15 bits per heavy atom. The fourth-order valence-corrected chi connectivity index (χ4v) is 4.06. The smallest absolute Gasteiger partial charge is 0.364 e. The van der Waals surface area contributed by atoms with E-state index in [1.54, 1.807) is 19.1 Å². The van der Waals surface area contributed by atoms with Gasteiger partial charge >= 0.3 is 6.18 Å². The Bertz CT molecular complexity index is 1290. The molecule has 0 unspecified atom stereocenters. The lowest BCUT2D eigenvalue weighted by atomic mass is 10.0. The van der Waals surface area contributed by atoms with Crippen LogP contribution in [-0.2, 0) is 6.18 Å². The van der Waals surface area contributed by atoms with Gasteiger partial charge in [0.2, 0.25) is 5.95 Å². The first-order chi connectivity index (χ1) is 15.8. The Labute approximate surface area is 187 Å². The molecule has 8 nitrogen and oxygen atoms in total. The van der Waals surface area contributed by atoms with Crippen molar-refractivity contribution < 1.29 is 17.7 Å². The minimum Gasteiger partial charge on any atom is -0.364 e. The number of halogens is 3. The predicted molar refractivity (Wildman–Crippen MR) is 116 cm³/mol. The summed E-state index contributed by atoms with van der Waals surface area (Å²) < 4.78 is 46.4. The quantitative estimate of drug-likeness (QED) is 0.413. The van der Waals surface area contributed by atoms with Gasteiger partial charge < -0.3 is 20.1 Å². The number of aryl methyl sites for hydroxylation is 1. The van der Waals surface area contributed by atoms with E-state index in [0.717, 1.165) is 19.0 Å². The van der Waals surface area contributed by atoms with Crippen molar-refractivity contribution >= 4 is 17.0 Å². The minimum absolute atomic E-state index is 0.0461. The van der Waals surface area contributed by atoms with Gasteiger partial charge in [-0.25, -0.2) is 15.0 Å². The number of pyridine rings is 1. The number of aromatic amines is 1. The maximum atomic E-state index is 13.8. The topological polar surface area (TPSA) is 105 Å². The standard InChI is InChI=1S/C22H22F3N7O/c1-11-3-4-13(7-26-11)29-21-28-9-17(22(23,24)25)19(31-21)15-8-27-20-14(15)5-6-18(30-20)16-10-33-32-12(16)2/h5-6,8-11,13,26H,3-4,7H2,1-2H3,(H,27,30)(H,28,29,31)/t11-,13-/m0/s1. The van der Waals surface area contributed by atoms with Crippen LogP contribution in [0.4, 0.5) is 19.1 Å². The summed E-state index contributed by atoms with van der Waals surface area (Å²) in [6.45, 7) is 4.59. The lowest BCUT2D eigenvalue weighted by molar-refractivity contribution is -0.137. The SMILES string of the molecule is Cc1nocc1-c1ccc2c(-c3nc(N[C@H]4CC[C@H](C)NC4)ncc3C(F)(F)F)c[nH]c2n1. The van der Waals surface area contributed by atoms with E-state index in [0.29, 0.717) is 46.1 Å². The van der Waals surface area contributed by atoms with Gasteiger partial charge in [0.1, 0.15) is 17.5 Å². The van der Waals surface area contributed by atoms with Gasteiger partial charge in [-0.2, -0.15) is 13.2 Å². The van der Waals surface area contributed by atoms with E-state index in [1.165, 1.54) is 12.5 Å². The molecule has 0 aromatic carbocycles. The molecule has 2 atom stereocenters. The van der Waals surface area contributed by atoms with Crippen molar-refractivity contribution in [2.24, 2.45) is 0 Å². The van der Waals surface area contributed by atoms with Gasteiger partial charge in [-0.3, -0.25) is 0 Å². The number of aromatic nitrogens is 5. The molecule has 1 fully saturated rings. The molecule has 0 amide bonds. The molecular weight excluding hydrogens is 435 g/mol. The molecule has 0 saturated carbocycles. The van der Waals surface area contributed by atoms with Crippen molar-refractivity contribution in [3.05, 3.63) is 42.0 Å². The number of alkyl halides is 3. The maximum absolute atomic E-state index is 13.8. The van der Waals surface area contributed by atoms with Gasteiger partial charge in [-0.15, -0.1) is 0 Å². The second kappa shape index (κ2) is 8.14. The summed E-state index contributed by atoms with van der Waals surface area (Å²) in [6.07, 6.45) is 1.06. The molecule has 1 saturated heterocycles. The van der Waals surface area contributed by atoms with Crippen molar-refractivity contribution in [3.63, 3.8) is 0 Å². The van der Waals surface area contributed by atoms with Crippen molar-refractivity contribution in [1.82, 2.24) is 30.4 Å². The van der Waals surface area contributed by atoms with E-state index >= 15 is 0 Å². The fraction of sp³-hybridized carbons (Fsp3) is 0.364. The third-order valence-corrected chi connectivity index (χ3v) is 5.91. The van der Waals surface area contributed by atoms with E-state index in [-0.39, 0.29) is 17.7 Å². The molecule has 4 aromatic rings. The molecule has 0 bridgehead atoms. The number of H-pyrrole nitrogens is 1. The summed E-state index contributed by atoms with van der Waals surface area (Å²) in [5.74, 6) is 0.165. The van der Waals surface area contributed by atoms with E-state index < -0.39 is 11.7 Å². The monoisotopic (exact) mass is 457 g/mol. The Balaban J connectivity index is 1.54. The molecule has 3 N–H and O–H groups in total. The van der Waals surface area contributed by atoms with Crippen LogP contribution in [0.1, 0.15) is 31.0 Å². The first-order valence-corrected chi connectivity index (χ1v) is 10.6. The molecule has 5 rings (SSSR count). The van der Waals surface area contributed by atoms with Crippen molar-refractivity contribution in [2.75, 3.05) is 11.9 Å². The van der Waals surface area contributed by atoms with E-state index in [1.807, 2.05) is 0 Å². The number of anilines is 1. The highest BCUT2D eigenvalue weighted by molar-refractivity contribution is 5.94. The Kier molecular flexibility index (Phi) is 5.28. The van der Waals surface area contributed by atoms with Crippen LogP contribution in [0, 0.1) is 6.92 Å². The number of rotatable bonds is 4. The summed E-state index contributed by atoms with van der Waals surface area (Å²) in [4.78, 5) is 15.7. The van der Waals surface area contributed by atoms with E-state index in [2.05, 4.69) is 42.6 Å². The number of nitrogens with one attached hydrogen (secondary N) is 3. The second-order valence-electron chi connectivity index (χ2n) is 8.29.